The van der Waals surface area contributed by atoms with Crippen LogP contribution in [0.15, 0.2) is 48.5 Å². The van der Waals surface area contributed by atoms with Crippen molar-refractivity contribution in [2.24, 2.45) is 0 Å². The van der Waals surface area contributed by atoms with Crippen LogP contribution in [-0.2, 0) is 14.8 Å². The third-order valence-electron chi connectivity index (χ3n) is 5.12. The molecular weight excluding hydrogens is 426 g/mol. The first-order valence-electron chi connectivity index (χ1n) is 9.65. The largest absolute Gasteiger partial charge is 0.481 e. The van der Waals surface area contributed by atoms with Crippen LogP contribution in [0.1, 0.15) is 6.92 Å². The summed E-state index contributed by atoms with van der Waals surface area (Å²) >= 11 is 6.07. The molecule has 1 aliphatic heterocycles. The topological polar surface area (TPSA) is 70.2 Å². The molecule has 2 aromatic carbocycles. The molecule has 1 aliphatic rings. The number of carbonyl (C=O) groups is 1. The van der Waals surface area contributed by atoms with Crippen LogP contribution in [-0.4, -0.2) is 64.8 Å². The van der Waals surface area contributed by atoms with Crippen molar-refractivity contribution in [1.29, 1.82) is 0 Å². The van der Waals surface area contributed by atoms with Crippen LogP contribution in [0.5, 0.6) is 5.75 Å². The van der Waals surface area contributed by atoms with Crippen LogP contribution in [0.2, 0.25) is 5.02 Å². The Hall–Kier alpha value is -2.45. The predicted octanol–water partition coefficient (Wildman–Crippen LogP) is 2.85. The van der Waals surface area contributed by atoms with E-state index < -0.39 is 16.1 Å². The third kappa shape index (κ3) is 5.37. The molecule has 1 saturated heterocycles. The van der Waals surface area contributed by atoms with Gasteiger partial charge in [0.25, 0.3) is 5.91 Å². The summed E-state index contributed by atoms with van der Waals surface area (Å²) in [4.78, 5) is 16.8. The molecular formula is C21H26ClN3O4S. The van der Waals surface area contributed by atoms with E-state index in [9.17, 15) is 13.2 Å². The summed E-state index contributed by atoms with van der Waals surface area (Å²) in [6, 6.07) is 14.3. The van der Waals surface area contributed by atoms with E-state index in [1.807, 2.05) is 24.3 Å². The first-order valence-corrected chi connectivity index (χ1v) is 11.9. The molecule has 30 heavy (non-hydrogen) atoms. The lowest BCUT2D eigenvalue weighted by atomic mass is 10.2. The highest BCUT2D eigenvalue weighted by Gasteiger charge is 2.26. The summed E-state index contributed by atoms with van der Waals surface area (Å²) in [6.45, 7) is 4.40. The molecule has 0 aliphatic carbocycles. The first kappa shape index (κ1) is 22.2. The first-order chi connectivity index (χ1) is 14.1. The Balaban J connectivity index is 1.55. The average molecular weight is 452 g/mol. The van der Waals surface area contributed by atoms with E-state index >= 15 is 0 Å². The summed E-state index contributed by atoms with van der Waals surface area (Å²) in [5.41, 5.74) is 1.58. The van der Waals surface area contributed by atoms with E-state index in [1.54, 1.807) is 36.1 Å². The van der Waals surface area contributed by atoms with Crippen LogP contribution in [0.25, 0.3) is 0 Å². The lowest BCUT2D eigenvalue weighted by molar-refractivity contribution is -0.138. The number of sulfonamides is 1. The minimum Gasteiger partial charge on any atom is -0.481 e. The van der Waals surface area contributed by atoms with E-state index in [0.29, 0.717) is 29.5 Å². The van der Waals surface area contributed by atoms with Crippen molar-refractivity contribution < 1.29 is 17.9 Å². The molecule has 0 N–H and O–H groups in total. The molecule has 1 atom stereocenters. The summed E-state index contributed by atoms with van der Waals surface area (Å²) < 4.78 is 30.2. The number of piperazine rings is 1. The van der Waals surface area contributed by atoms with Gasteiger partial charge in [0.1, 0.15) is 5.75 Å². The number of hydrogen-bond acceptors (Lipinski definition) is 5. The van der Waals surface area contributed by atoms with Crippen molar-refractivity contribution in [2.75, 3.05) is 48.7 Å². The van der Waals surface area contributed by atoms with Crippen molar-refractivity contribution in [3.05, 3.63) is 53.6 Å². The number of nitrogens with zero attached hydrogens (tertiary/aromatic N) is 3. The molecule has 0 bridgehead atoms. The number of amides is 1. The van der Waals surface area contributed by atoms with Gasteiger partial charge in [-0.1, -0.05) is 17.7 Å². The standard InChI is InChI=1S/C21H26ClN3O4S/c1-16(29-20-9-7-18(8-10-20)23(2)30(3,27)28)21(26)25-13-11-24(12-14-25)19-6-4-5-17(22)15-19/h4-10,15-16H,11-14H2,1-3H3. The second-order valence-electron chi connectivity index (χ2n) is 7.28. The van der Waals surface area contributed by atoms with Crippen LogP contribution < -0.4 is 13.9 Å². The van der Waals surface area contributed by atoms with Gasteiger partial charge in [0.05, 0.1) is 11.9 Å². The highest BCUT2D eigenvalue weighted by atomic mass is 35.5. The lowest BCUT2D eigenvalue weighted by Crippen LogP contribution is -2.52. The minimum atomic E-state index is -3.33. The number of rotatable bonds is 6. The number of anilines is 2. The maximum absolute atomic E-state index is 12.8. The van der Waals surface area contributed by atoms with Gasteiger partial charge in [-0.2, -0.15) is 0 Å². The zero-order chi connectivity index (χ0) is 21.9. The Labute approximate surface area is 182 Å². The molecule has 1 heterocycles. The van der Waals surface area contributed by atoms with E-state index in [1.165, 1.54) is 11.4 Å². The highest BCUT2D eigenvalue weighted by Crippen LogP contribution is 2.23. The molecule has 1 unspecified atom stereocenters. The van der Waals surface area contributed by atoms with E-state index in [0.717, 1.165) is 25.0 Å². The summed E-state index contributed by atoms with van der Waals surface area (Å²) in [5, 5.41) is 0.696. The Morgan fingerprint density at radius 1 is 1.10 bits per heavy atom. The normalized spacial score (nSPS) is 15.6. The molecule has 0 spiro atoms. The fourth-order valence-electron chi connectivity index (χ4n) is 3.30. The number of ether oxygens (including phenoxy) is 1. The lowest BCUT2D eigenvalue weighted by Gasteiger charge is -2.37. The molecule has 162 valence electrons. The van der Waals surface area contributed by atoms with Crippen molar-refractivity contribution in [3.63, 3.8) is 0 Å². The molecule has 7 nitrogen and oxygen atoms in total. The SMILES string of the molecule is CC(Oc1ccc(N(C)S(C)(=O)=O)cc1)C(=O)N1CCN(c2cccc(Cl)c2)CC1. The van der Waals surface area contributed by atoms with Gasteiger partial charge in [0.15, 0.2) is 6.10 Å². The smallest absolute Gasteiger partial charge is 0.263 e. The monoisotopic (exact) mass is 451 g/mol. The molecule has 3 rings (SSSR count). The van der Waals surface area contributed by atoms with Crippen molar-refractivity contribution >= 4 is 38.9 Å². The van der Waals surface area contributed by atoms with Gasteiger partial charge in [0, 0.05) is 43.9 Å². The maximum Gasteiger partial charge on any atom is 0.263 e. The van der Waals surface area contributed by atoms with Crippen molar-refractivity contribution in [3.8, 4) is 5.75 Å². The summed E-state index contributed by atoms with van der Waals surface area (Å²) in [6.07, 6.45) is 0.505. The van der Waals surface area contributed by atoms with Crippen LogP contribution in [0, 0.1) is 0 Å². The fourth-order valence-corrected chi connectivity index (χ4v) is 3.98. The van der Waals surface area contributed by atoms with Gasteiger partial charge in [0.2, 0.25) is 10.0 Å². The number of hydrogen-bond donors (Lipinski definition) is 0. The molecule has 2 aromatic rings. The molecule has 0 aromatic heterocycles. The minimum absolute atomic E-state index is 0.0712. The van der Waals surface area contributed by atoms with E-state index in [2.05, 4.69) is 4.90 Å². The number of halogens is 1. The zero-order valence-electron chi connectivity index (χ0n) is 17.3. The molecule has 1 amide bonds. The van der Waals surface area contributed by atoms with Gasteiger partial charge in [-0.25, -0.2) is 8.42 Å². The average Bonchev–Trinajstić information content (AvgIpc) is 2.72. The second-order valence-corrected chi connectivity index (χ2v) is 9.73. The predicted molar refractivity (Wildman–Crippen MR) is 120 cm³/mol. The zero-order valence-corrected chi connectivity index (χ0v) is 18.9. The summed E-state index contributed by atoms with van der Waals surface area (Å²) in [7, 11) is -1.84. The molecule has 0 saturated carbocycles. The third-order valence-corrected chi connectivity index (χ3v) is 6.56. The van der Waals surface area contributed by atoms with Gasteiger partial charge in [-0.15, -0.1) is 0 Å². The van der Waals surface area contributed by atoms with Crippen molar-refractivity contribution in [2.45, 2.75) is 13.0 Å². The van der Waals surface area contributed by atoms with Gasteiger partial charge in [-0.05, 0) is 49.4 Å². The second kappa shape index (κ2) is 9.14. The van der Waals surface area contributed by atoms with Crippen molar-refractivity contribution in [1.82, 2.24) is 4.90 Å². The number of benzene rings is 2. The van der Waals surface area contributed by atoms with Crippen LogP contribution in [0.3, 0.4) is 0 Å². The van der Waals surface area contributed by atoms with E-state index in [4.69, 9.17) is 16.3 Å². The number of carbonyl (C=O) groups excluding carboxylic acids is 1. The molecule has 0 radical (unpaired) electrons. The van der Waals surface area contributed by atoms with Gasteiger partial charge >= 0.3 is 0 Å². The summed E-state index contributed by atoms with van der Waals surface area (Å²) in [5.74, 6) is 0.442. The van der Waals surface area contributed by atoms with Gasteiger partial charge < -0.3 is 14.5 Å². The Kier molecular flexibility index (Phi) is 6.77. The Morgan fingerprint density at radius 3 is 2.30 bits per heavy atom. The quantitative estimate of drug-likeness (QED) is 0.675. The van der Waals surface area contributed by atoms with E-state index in [-0.39, 0.29) is 5.91 Å². The van der Waals surface area contributed by atoms with Crippen LogP contribution in [0.4, 0.5) is 11.4 Å². The Morgan fingerprint density at radius 2 is 1.73 bits per heavy atom. The molecule has 1 fully saturated rings. The maximum atomic E-state index is 12.8. The van der Waals surface area contributed by atoms with Crippen LogP contribution >= 0.6 is 11.6 Å². The fraction of sp³-hybridized carbons (Fsp3) is 0.381. The van der Waals surface area contributed by atoms with Gasteiger partial charge in [-0.3, -0.25) is 9.10 Å². The molecule has 9 heteroatoms. The Bertz CT molecular complexity index is 990. The highest BCUT2D eigenvalue weighted by molar-refractivity contribution is 7.92.